The molecule has 0 heterocycles. The summed E-state index contributed by atoms with van der Waals surface area (Å²) in [6, 6.07) is 10.7. The van der Waals surface area contributed by atoms with E-state index in [-0.39, 0.29) is 5.69 Å². The summed E-state index contributed by atoms with van der Waals surface area (Å²) in [6.45, 7) is 0. The number of hydrogen-bond donors (Lipinski definition) is 2. The second-order valence-electron chi connectivity index (χ2n) is 3.89. The zero-order chi connectivity index (χ0) is 13.8. The van der Waals surface area contributed by atoms with Crippen molar-refractivity contribution >= 4 is 17.3 Å². The molecule has 0 aliphatic rings. The maximum absolute atomic E-state index is 13.5. The molecule has 0 saturated carbocycles. The number of methoxy groups -OCH3 is 1. The summed E-state index contributed by atoms with van der Waals surface area (Å²) in [6.07, 6.45) is 0. The van der Waals surface area contributed by atoms with Crippen LogP contribution in [0.4, 0.5) is 15.8 Å². The SMILES string of the molecule is COc1ccccc1C(=O)Nc1cc(N)ccc1F. The summed E-state index contributed by atoms with van der Waals surface area (Å²) >= 11 is 0. The molecule has 0 fully saturated rings. The van der Waals surface area contributed by atoms with Gasteiger partial charge in [-0.1, -0.05) is 12.1 Å². The molecule has 0 radical (unpaired) electrons. The van der Waals surface area contributed by atoms with Crippen LogP contribution in [0.5, 0.6) is 5.75 Å². The van der Waals surface area contributed by atoms with Gasteiger partial charge < -0.3 is 15.8 Å². The van der Waals surface area contributed by atoms with E-state index in [1.54, 1.807) is 24.3 Å². The van der Waals surface area contributed by atoms with E-state index in [0.717, 1.165) is 0 Å². The largest absolute Gasteiger partial charge is 0.496 e. The summed E-state index contributed by atoms with van der Waals surface area (Å²) < 4.78 is 18.6. The second-order valence-corrected chi connectivity index (χ2v) is 3.89. The van der Waals surface area contributed by atoms with Gasteiger partial charge in [-0.05, 0) is 30.3 Å². The highest BCUT2D eigenvalue weighted by atomic mass is 19.1. The minimum Gasteiger partial charge on any atom is -0.496 e. The maximum atomic E-state index is 13.5. The van der Waals surface area contributed by atoms with Crippen molar-refractivity contribution in [3.8, 4) is 5.75 Å². The Kier molecular flexibility index (Phi) is 3.66. The lowest BCUT2D eigenvalue weighted by atomic mass is 10.1. The topological polar surface area (TPSA) is 64.3 Å². The van der Waals surface area contributed by atoms with Gasteiger partial charge in [-0.15, -0.1) is 0 Å². The van der Waals surface area contributed by atoms with Crippen LogP contribution in [0, 0.1) is 5.82 Å². The summed E-state index contributed by atoms with van der Waals surface area (Å²) in [5.41, 5.74) is 6.29. The van der Waals surface area contributed by atoms with Crippen LogP contribution in [-0.4, -0.2) is 13.0 Å². The van der Waals surface area contributed by atoms with Gasteiger partial charge in [-0.3, -0.25) is 4.79 Å². The van der Waals surface area contributed by atoms with Gasteiger partial charge in [0.15, 0.2) is 0 Å². The van der Waals surface area contributed by atoms with Gasteiger partial charge >= 0.3 is 0 Å². The molecule has 0 aromatic heterocycles. The van der Waals surface area contributed by atoms with Crippen LogP contribution >= 0.6 is 0 Å². The molecule has 0 aliphatic carbocycles. The summed E-state index contributed by atoms with van der Waals surface area (Å²) in [5.74, 6) is -0.580. The first kappa shape index (κ1) is 12.9. The van der Waals surface area contributed by atoms with Gasteiger partial charge in [0, 0.05) is 5.69 Å². The van der Waals surface area contributed by atoms with Crippen molar-refractivity contribution in [3.63, 3.8) is 0 Å². The molecule has 0 atom stereocenters. The number of nitrogens with one attached hydrogen (secondary N) is 1. The number of ether oxygens (including phenoxy) is 1. The van der Waals surface area contributed by atoms with Gasteiger partial charge in [0.2, 0.25) is 0 Å². The number of halogens is 1. The van der Waals surface area contributed by atoms with E-state index in [9.17, 15) is 9.18 Å². The van der Waals surface area contributed by atoms with E-state index in [0.29, 0.717) is 17.0 Å². The molecule has 4 nitrogen and oxygen atoms in total. The molecule has 5 heteroatoms. The number of nitrogens with two attached hydrogens (primary N) is 1. The molecule has 98 valence electrons. The minimum atomic E-state index is -0.544. The number of nitrogen functional groups attached to an aromatic ring is 1. The van der Waals surface area contributed by atoms with E-state index in [4.69, 9.17) is 10.5 Å². The molecule has 19 heavy (non-hydrogen) atoms. The molecule has 0 unspecified atom stereocenters. The standard InChI is InChI=1S/C14H13FN2O2/c1-19-13-5-3-2-4-10(13)14(18)17-12-8-9(16)6-7-11(12)15/h2-8H,16H2,1H3,(H,17,18). The zero-order valence-corrected chi connectivity index (χ0v) is 10.3. The van der Waals surface area contributed by atoms with Gasteiger partial charge in [0.1, 0.15) is 11.6 Å². The first-order valence-electron chi connectivity index (χ1n) is 5.61. The van der Waals surface area contributed by atoms with Crippen molar-refractivity contribution in [2.45, 2.75) is 0 Å². The number of carbonyl (C=O) groups excluding carboxylic acids is 1. The van der Waals surface area contributed by atoms with E-state index in [1.807, 2.05) is 0 Å². The van der Waals surface area contributed by atoms with E-state index < -0.39 is 11.7 Å². The molecule has 0 bridgehead atoms. The van der Waals surface area contributed by atoms with Crippen LogP contribution in [-0.2, 0) is 0 Å². The highest BCUT2D eigenvalue weighted by molar-refractivity contribution is 6.06. The average molecular weight is 260 g/mol. The Balaban J connectivity index is 2.28. The Morgan fingerprint density at radius 3 is 2.74 bits per heavy atom. The van der Waals surface area contributed by atoms with E-state index in [2.05, 4.69) is 5.32 Å². The Hall–Kier alpha value is -2.56. The smallest absolute Gasteiger partial charge is 0.259 e. The van der Waals surface area contributed by atoms with Crippen LogP contribution in [0.1, 0.15) is 10.4 Å². The number of anilines is 2. The third-order valence-corrected chi connectivity index (χ3v) is 2.59. The van der Waals surface area contributed by atoms with Crippen molar-refractivity contribution in [1.82, 2.24) is 0 Å². The number of rotatable bonds is 3. The zero-order valence-electron chi connectivity index (χ0n) is 10.3. The Morgan fingerprint density at radius 2 is 2.00 bits per heavy atom. The number of hydrogen-bond acceptors (Lipinski definition) is 3. The first-order valence-corrected chi connectivity index (χ1v) is 5.61. The molecule has 3 N–H and O–H groups in total. The van der Waals surface area contributed by atoms with Crippen LogP contribution in [0.15, 0.2) is 42.5 Å². The predicted octanol–water partition coefficient (Wildman–Crippen LogP) is 2.67. The van der Waals surface area contributed by atoms with Crippen molar-refractivity contribution < 1.29 is 13.9 Å². The molecule has 1 amide bonds. The van der Waals surface area contributed by atoms with Crippen molar-refractivity contribution in [2.75, 3.05) is 18.2 Å². The van der Waals surface area contributed by atoms with Crippen molar-refractivity contribution in [3.05, 3.63) is 53.8 Å². The molecule has 2 aromatic rings. The lowest BCUT2D eigenvalue weighted by Gasteiger charge is -2.10. The fourth-order valence-corrected chi connectivity index (χ4v) is 1.66. The fraction of sp³-hybridized carbons (Fsp3) is 0.0714. The maximum Gasteiger partial charge on any atom is 0.259 e. The third-order valence-electron chi connectivity index (χ3n) is 2.59. The van der Waals surface area contributed by atoms with Crippen LogP contribution in [0.25, 0.3) is 0 Å². The lowest BCUT2D eigenvalue weighted by Crippen LogP contribution is -2.14. The monoisotopic (exact) mass is 260 g/mol. The van der Waals surface area contributed by atoms with Crippen LogP contribution in [0.3, 0.4) is 0 Å². The van der Waals surface area contributed by atoms with Crippen LogP contribution in [0.2, 0.25) is 0 Å². The van der Waals surface area contributed by atoms with Gasteiger partial charge in [0.05, 0.1) is 18.4 Å². The summed E-state index contributed by atoms with van der Waals surface area (Å²) in [5, 5.41) is 2.47. The highest BCUT2D eigenvalue weighted by Gasteiger charge is 2.13. The van der Waals surface area contributed by atoms with Crippen molar-refractivity contribution in [2.24, 2.45) is 0 Å². The number of benzene rings is 2. The number of para-hydroxylation sites is 1. The molecule has 0 spiro atoms. The summed E-state index contributed by atoms with van der Waals surface area (Å²) in [7, 11) is 1.47. The Bertz CT molecular complexity index is 614. The summed E-state index contributed by atoms with van der Waals surface area (Å²) in [4.78, 5) is 12.1. The minimum absolute atomic E-state index is 0.0379. The van der Waals surface area contributed by atoms with Crippen molar-refractivity contribution in [1.29, 1.82) is 0 Å². The normalized spacial score (nSPS) is 10.0. The number of amides is 1. The molecular formula is C14H13FN2O2. The first-order chi connectivity index (χ1) is 9.11. The molecule has 2 aromatic carbocycles. The Labute approximate surface area is 110 Å². The van der Waals surface area contributed by atoms with Gasteiger partial charge in [0.25, 0.3) is 5.91 Å². The molecule has 2 rings (SSSR count). The fourth-order valence-electron chi connectivity index (χ4n) is 1.66. The van der Waals surface area contributed by atoms with E-state index >= 15 is 0 Å². The average Bonchev–Trinajstić information content (AvgIpc) is 2.42. The molecular weight excluding hydrogens is 247 g/mol. The second kappa shape index (κ2) is 5.39. The third kappa shape index (κ3) is 2.82. The Morgan fingerprint density at radius 1 is 1.26 bits per heavy atom. The van der Waals surface area contributed by atoms with E-state index in [1.165, 1.54) is 25.3 Å². The highest BCUT2D eigenvalue weighted by Crippen LogP contribution is 2.21. The quantitative estimate of drug-likeness (QED) is 0.834. The van der Waals surface area contributed by atoms with Gasteiger partial charge in [-0.25, -0.2) is 4.39 Å². The predicted molar refractivity (Wildman–Crippen MR) is 71.8 cm³/mol. The number of carbonyl (C=O) groups is 1. The van der Waals surface area contributed by atoms with Crippen LogP contribution < -0.4 is 15.8 Å². The van der Waals surface area contributed by atoms with Gasteiger partial charge in [-0.2, -0.15) is 0 Å². The molecule has 0 aliphatic heterocycles. The molecule has 0 saturated heterocycles. The lowest BCUT2D eigenvalue weighted by molar-refractivity contribution is 0.102.